The van der Waals surface area contributed by atoms with Crippen molar-refractivity contribution in [3.8, 4) is 0 Å². The first-order valence-electron chi connectivity index (χ1n) is 7.19. The molecule has 0 saturated carbocycles. The molecule has 0 atom stereocenters. The molecule has 1 aromatic heterocycles. The van der Waals surface area contributed by atoms with E-state index in [1.54, 1.807) is 30.8 Å². The second-order valence-electron chi connectivity index (χ2n) is 5.53. The quantitative estimate of drug-likeness (QED) is 0.589. The number of piperidine rings is 1. The smallest absolute Gasteiger partial charge is 0.319 e. The minimum atomic E-state index is 0.0614. The molecule has 0 aliphatic carbocycles. The number of halogens is 1. The van der Waals surface area contributed by atoms with Gasteiger partial charge in [-0.15, -0.1) is 0 Å². The number of anilines is 1. The van der Waals surface area contributed by atoms with Gasteiger partial charge >= 0.3 is 6.03 Å². The van der Waals surface area contributed by atoms with Crippen LogP contribution >= 0.6 is 27.7 Å². The number of urea groups is 1. The predicted molar refractivity (Wildman–Crippen MR) is 93.6 cm³/mol. The van der Waals surface area contributed by atoms with E-state index in [1.165, 1.54) is 0 Å². The molecule has 0 spiro atoms. The highest BCUT2D eigenvalue weighted by atomic mass is 79.9. The second kappa shape index (κ2) is 7.50. The zero-order valence-electron chi connectivity index (χ0n) is 13.4. The van der Waals surface area contributed by atoms with Crippen LogP contribution in [0.3, 0.4) is 0 Å². The summed E-state index contributed by atoms with van der Waals surface area (Å²) in [4.78, 5) is 26.6. The highest BCUT2D eigenvalue weighted by molar-refractivity contribution is 9.10. The molecule has 0 radical (unpaired) electrons. The first-order valence-corrected chi connectivity index (χ1v) is 9.21. The maximum absolute atomic E-state index is 12.0. The summed E-state index contributed by atoms with van der Waals surface area (Å²) in [6.07, 6.45) is 5.67. The number of hydrogen-bond donors (Lipinski definition) is 0. The monoisotopic (exact) mass is 387 g/mol. The Kier molecular flexibility index (Phi) is 5.91. The molecule has 2 amide bonds. The van der Waals surface area contributed by atoms with Crippen LogP contribution in [0.2, 0.25) is 0 Å². The highest BCUT2D eigenvalue weighted by Gasteiger charge is 2.27. The van der Waals surface area contributed by atoms with Crippen LogP contribution in [0.15, 0.2) is 15.8 Å². The van der Waals surface area contributed by atoms with Crippen LogP contribution in [0.1, 0.15) is 12.8 Å². The summed E-state index contributed by atoms with van der Waals surface area (Å²) in [7, 11) is 5.46. The number of nitrogens with zero attached hydrogens (tertiary/aromatic N) is 5. The van der Waals surface area contributed by atoms with Crippen LogP contribution in [0, 0.1) is 0 Å². The van der Waals surface area contributed by atoms with Crippen molar-refractivity contribution in [3.05, 3.63) is 10.7 Å². The number of rotatable bonds is 3. The van der Waals surface area contributed by atoms with Gasteiger partial charge in [-0.3, -0.25) is 0 Å². The Morgan fingerprint density at radius 3 is 2.55 bits per heavy atom. The minimum Gasteiger partial charge on any atom is -0.355 e. The van der Waals surface area contributed by atoms with E-state index < -0.39 is 0 Å². The van der Waals surface area contributed by atoms with Gasteiger partial charge in [0.1, 0.15) is 5.82 Å². The van der Waals surface area contributed by atoms with Gasteiger partial charge in [0.05, 0.1) is 4.47 Å². The molecule has 6 nitrogen and oxygen atoms in total. The number of hydrogen-bond acceptors (Lipinski definition) is 5. The first kappa shape index (κ1) is 17.3. The summed E-state index contributed by atoms with van der Waals surface area (Å²) < 4.78 is 0.918. The van der Waals surface area contributed by atoms with Gasteiger partial charge in [-0.25, -0.2) is 14.8 Å². The second-order valence-corrected chi connectivity index (χ2v) is 7.16. The Hall–Kier alpha value is -1.02. The Bertz CT molecular complexity index is 534. The largest absolute Gasteiger partial charge is 0.355 e. The van der Waals surface area contributed by atoms with Crippen molar-refractivity contribution in [2.24, 2.45) is 0 Å². The van der Waals surface area contributed by atoms with Crippen LogP contribution in [-0.2, 0) is 0 Å². The van der Waals surface area contributed by atoms with Crippen molar-refractivity contribution < 1.29 is 4.79 Å². The van der Waals surface area contributed by atoms with Gasteiger partial charge in [-0.05, 0) is 35.0 Å². The highest BCUT2D eigenvalue weighted by Crippen LogP contribution is 2.28. The molecule has 0 aromatic carbocycles. The molecular formula is C14H22BrN5OS. The summed E-state index contributed by atoms with van der Waals surface area (Å²) in [5, 5.41) is 0.778. The third kappa shape index (κ3) is 3.84. The molecule has 2 heterocycles. The van der Waals surface area contributed by atoms with Crippen LogP contribution in [-0.4, -0.2) is 72.3 Å². The summed E-state index contributed by atoms with van der Waals surface area (Å²) in [5.74, 6) is 0.944. The van der Waals surface area contributed by atoms with E-state index in [0.29, 0.717) is 0 Å². The maximum Gasteiger partial charge on any atom is 0.319 e. The molecule has 0 bridgehead atoms. The number of aromatic nitrogens is 2. The minimum absolute atomic E-state index is 0.0614. The molecule has 8 heteroatoms. The average Bonchev–Trinajstić information content (AvgIpc) is 2.54. The van der Waals surface area contributed by atoms with Crippen molar-refractivity contribution >= 4 is 39.5 Å². The van der Waals surface area contributed by atoms with E-state index in [9.17, 15) is 4.79 Å². The van der Waals surface area contributed by atoms with Crippen molar-refractivity contribution in [2.75, 3.05) is 45.4 Å². The molecule has 0 N–H and O–H groups in total. The molecule has 22 heavy (non-hydrogen) atoms. The van der Waals surface area contributed by atoms with Crippen molar-refractivity contribution in [3.63, 3.8) is 0 Å². The number of carbonyl (C=O) groups is 1. The number of amides is 2. The Balaban J connectivity index is 2.02. The summed E-state index contributed by atoms with van der Waals surface area (Å²) in [6.45, 7) is 1.78. The normalized spacial score (nSPS) is 15.8. The van der Waals surface area contributed by atoms with E-state index >= 15 is 0 Å². The van der Waals surface area contributed by atoms with Gasteiger partial charge < -0.3 is 14.7 Å². The van der Waals surface area contributed by atoms with E-state index in [-0.39, 0.29) is 12.1 Å². The fraction of sp³-hybridized carbons (Fsp3) is 0.643. The van der Waals surface area contributed by atoms with E-state index in [2.05, 4.69) is 30.8 Å². The fourth-order valence-corrected chi connectivity index (χ4v) is 3.38. The van der Waals surface area contributed by atoms with Crippen LogP contribution in [0.4, 0.5) is 10.6 Å². The summed E-state index contributed by atoms with van der Waals surface area (Å²) in [6, 6.07) is 0.345. The molecule has 1 aliphatic heterocycles. The molecular weight excluding hydrogens is 366 g/mol. The summed E-state index contributed by atoms with van der Waals surface area (Å²) >= 11 is 5.07. The van der Waals surface area contributed by atoms with Crippen LogP contribution in [0.5, 0.6) is 0 Å². The lowest BCUT2D eigenvalue weighted by atomic mass is 10.0. The molecule has 2 rings (SSSR count). The lowest BCUT2D eigenvalue weighted by molar-refractivity contribution is 0.155. The molecule has 1 fully saturated rings. The predicted octanol–water partition coefficient (Wildman–Crippen LogP) is 2.54. The fourth-order valence-electron chi connectivity index (χ4n) is 2.60. The van der Waals surface area contributed by atoms with Gasteiger partial charge in [0.2, 0.25) is 0 Å². The maximum atomic E-state index is 12.0. The Morgan fingerprint density at radius 2 is 2.00 bits per heavy atom. The van der Waals surface area contributed by atoms with Gasteiger partial charge in [0, 0.05) is 46.5 Å². The van der Waals surface area contributed by atoms with Crippen molar-refractivity contribution in [1.29, 1.82) is 0 Å². The van der Waals surface area contributed by atoms with Crippen LogP contribution in [0.25, 0.3) is 0 Å². The van der Waals surface area contributed by atoms with Crippen LogP contribution < -0.4 is 4.90 Å². The standard InChI is InChI=1S/C14H22BrN5OS/c1-18(2)14(21)19(3)10-5-7-20(8-6-10)12-11(15)9-16-13(17-12)22-4/h9-10H,5-8H2,1-4H3. The topological polar surface area (TPSA) is 52.6 Å². The molecule has 1 saturated heterocycles. The Morgan fingerprint density at radius 1 is 1.36 bits per heavy atom. The SMILES string of the molecule is CSc1ncc(Br)c(N2CCC(N(C)C(=O)N(C)C)CC2)n1. The van der Waals surface area contributed by atoms with E-state index in [0.717, 1.165) is 41.4 Å². The number of thioether (sulfide) groups is 1. The van der Waals surface area contributed by atoms with E-state index in [1.807, 2.05) is 24.4 Å². The average molecular weight is 388 g/mol. The van der Waals surface area contributed by atoms with Gasteiger partial charge in [-0.2, -0.15) is 0 Å². The third-order valence-corrected chi connectivity index (χ3v) is 5.00. The molecule has 0 unspecified atom stereocenters. The van der Waals surface area contributed by atoms with Crippen molar-refractivity contribution in [2.45, 2.75) is 24.0 Å². The lowest BCUT2D eigenvalue weighted by Gasteiger charge is -2.38. The first-order chi connectivity index (χ1) is 10.4. The van der Waals surface area contributed by atoms with Gasteiger partial charge in [-0.1, -0.05) is 11.8 Å². The Labute approximate surface area is 144 Å². The zero-order valence-corrected chi connectivity index (χ0v) is 15.8. The number of carbonyl (C=O) groups excluding carboxylic acids is 1. The van der Waals surface area contributed by atoms with Gasteiger partial charge in [0.25, 0.3) is 0 Å². The zero-order chi connectivity index (χ0) is 16.3. The molecule has 1 aliphatic rings. The van der Waals surface area contributed by atoms with Gasteiger partial charge in [0.15, 0.2) is 5.16 Å². The third-order valence-electron chi connectivity index (χ3n) is 3.88. The van der Waals surface area contributed by atoms with E-state index in [4.69, 9.17) is 0 Å². The van der Waals surface area contributed by atoms with Crippen molar-refractivity contribution in [1.82, 2.24) is 19.8 Å². The lowest BCUT2D eigenvalue weighted by Crippen LogP contribution is -2.48. The summed E-state index contributed by atoms with van der Waals surface area (Å²) in [5.41, 5.74) is 0. The molecule has 1 aromatic rings. The molecule has 122 valence electrons.